The van der Waals surface area contributed by atoms with Gasteiger partial charge >= 0.3 is 0 Å². The van der Waals surface area contributed by atoms with Crippen molar-refractivity contribution >= 4 is 34.4 Å². The Labute approximate surface area is 234 Å². The van der Waals surface area contributed by atoms with Gasteiger partial charge in [-0.3, -0.25) is 9.59 Å². The molecule has 0 aliphatic heterocycles. The number of ketones is 1. The van der Waals surface area contributed by atoms with Gasteiger partial charge < -0.3 is 19.9 Å². The van der Waals surface area contributed by atoms with Crippen LogP contribution in [0.4, 0.5) is 17.2 Å². The van der Waals surface area contributed by atoms with Crippen molar-refractivity contribution in [1.29, 1.82) is 0 Å². The molecule has 2 N–H and O–H groups in total. The number of carbonyl (C=O) groups excluding carboxylic acids is 2. The monoisotopic (exact) mass is 531 g/mol. The number of Topliss-reactive ketones (excluding diaryl/α,β-unsaturated/α-hetero) is 1. The molecule has 7 heteroatoms. The Morgan fingerprint density at radius 1 is 0.850 bits per heavy atom. The molecule has 3 aromatic heterocycles. The van der Waals surface area contributed by atoms with Gasteiger partial charge in [0.15, 0.2) is 0 Å². The second-order valence-corrected chi connectivity index (χ2v) is 10.1. The molecule has 202 valence electrons. The summed E-state index contributed by atoms with van der Waals surface area (Å²) in [6.07, 6.45) is 0. The number of aromatic nitrogens is 2. The first-order chi connectivity index (χ1) is 19.3. The van der Waals surface area contributed by atoms with Gasteiger partial charge in [0.05, 0.1) is 0 Å². The number of rotatable bonds is 9. The molecule has 0 atom stereocenters. The Morgan fingerprint density at radius 3 is 2.30 bits per heavy atom. The predicted molar refractivity (Wildman–Crippen MR) is 162 cm³/mol. The number of pyridine rings is 2. The van der Waals surface area contributed by atoms with E-state index >= 15 is 0 Å². The first-order valence-corrected chi connectivity index (χ1v) is 13.3. The highest BCUT2D eigenvalue weighted by atomic mass is 16.2. The molecule has 0 aliphatic carbocycles. The molecule has 0 spiro atoms. The number of fused-ring (bicyclic) bond motifs is 1. The zero-order valence-corrected chi connectivity index (χ0v) is 23.2. The van der Waals surface area contributed by atoms with E-state index in [0.717, 1.165) is 52.6 Å². The van der Waals surface area contributed by atoms with Crippen molar-refractivity contribution in [1.82, 2.24) is 9.38 Å². The number of nitrogens with one attached hydrogen (secondary N) is 2. The SMILES string of the molecule is Cc1cc(C)nc(N(C)CCNc2ccc(NC(=O)C(=O)c3c(-c4ccccc4)cc4cccc(C)n34)cc2)c1. The lowest BCUT2D eigenvalue weighted by Gasteiger charge is -2.20. The second-order valence-electron chi connectivity index (χ2n) is 10.1. The van der Waals surface area contributed by atoms with Crippen LogP contribution in [0.25, 0.3) is 16.6 Å². The normalized spacial score (nSPS) is 10.9. The lowest BCUT2D eigenvalue weighted by atomic mass is 10.0. The standard InChI is InChI=1S/C33H33N5O2/c1-22-19-23(2)35-30(20-22)37(4)18-17-34-26-13-15-27(16-14-26)36-33(40)32(39)31-29(25-10-6-5-7-11-25)21-28-12-8-9-24(3)38(28)31/h5-16,19-21,34H,17-18H2,1-4H3,(H,36,40). The molecular formula is C33H33N5O2. The van der Waals surface area contributed by atoms with Crippen LogP contribution in [0.15, 0.2) is 91.0 Å². The molecule has 0 saturated carbocycles. The lowest BCUT2D eigenvalue weighted by Crippen LogP contribution is -2.26. The Balaban J connectivity index is 1.26. The largest absolute Gasteiger partial charge is 0.383 e. The molecule has 3 heterocycles. The number of carbonyl (C=O) groups is 2. The molecule has 0 saturated heterocycles. The average molecular weight is 532 g/mol. The molecule has 0 fully saturated rings. The summed E-state index contributed by atoms with van der Waals surface area (Å²) in [6, 6.07) is 28.9. The third-order valence-corrected chi connectivity index (χ3v) is 6.89. The lowest BCUT2D eigenvalue weighted by molar-refractivity contribution is -0.112. The van der Waals surface area contributed by atoms with Crippen molar-refractivity contribution < 1.29 is 9.59 Å². The van der Waals surface area contributed by atoms with E-state index in [2.05, 4.69) is 39.6 Å². The summed E-state index contributed by atoms with van der Waals surface area (Å²) in [5, 5.41) is 6.18. The summed E-state index contributed by atoms with van der Waals surface area (Å²) < 4.78 is 1.85. The molecule has 0 unspecified atom stereocenters. The van der Waals surface area contributed by atoms with Crippen LogP contribution >= 0.6 is 0 Å². The molecule has 0 aliphatic rings. The van der Waals surface area contributed by atoms with E-state index in [1.54, 1.807) is 12.1 Å². The van der Waals surface area contributed by atoms with Crippen LogP contribution in [0, 0.1) is 20.8 Å². The van der Waals surface area contributed by atoms with E-state index in [-0.39, 0.29) is 0 Å². The Kier molecular flexibility index (Phi) is 7.64. The number of aryl methyl sites for hydroxylation is 3. The molecule has 0 radical (unpaired) electrons. The van der Waals surface area contributed by atoms with Gasteiger partial charge in [-0.25, -0.2) is 4.98 Å². The van der Waals surface area contributed by atoms with Crippen LogP contribution in [0.1, 0.15) is 27.4 Å². The van der Waals surface area contributed by atoms with E-state index in [1.165, 1.54) is 5.56 Å². The fourth-order valence-corrected chi connectivity index (χ4v) is 4.92. The third kappa shape index (κ3) is 5.73. The minimum Gasteiger partial charge on any atom is -0.383 e. The number of amides is 1. The van der Waals surface area contributed by atoms with Gasteiger partial charge in [0, 0.05) is 54.0 Å². The van der Waals surface area contributed by atoms with Gasteiger partial charge in [-0.2, -0.15) is 0 Å². The number of hydrogen-bond donors (Lipinski definition) is 2. The fourth-order valence-electron chi connectivity index (χ4n) is 4.92. The van der Waals surface area contributed by atoms with Gasteiger partial charge in [0.1, 0.15) is 11.5 Å². The molecule has 5 aromatic rings. The maximum atomic E-state index is 13.5. The number of benzene rings is 2. The molecule has 5 rings (SSSR count). The quantitative estimate of drug-likeness (QED) is 0.172. The number of nitrogens with zero attached hydrogens (tertiary/aromatic N) is 3. The number of anilines is 3. The minimum atomic E-state index is -0.677. The van der Waals surface area contributed by atoms with Crippen molar-refractivity contribution in [3.63, 3.8) is 0 Å². The smallest absolute Gasteiger partial charge is 0.298 e. The summed E-state index contributed by atoms with van der Waals surface area (Å²) in [7, 11) is 2.03. The van der Waals surface area contributed by atoms with Crippen molar-refractivity contribution in [2.75, 3.05) is 35.7 Å². The maximum absolute atomic E-state index is 13.5. The van der Waals surface area contributed by atoms with Crippen LogP contribution in [0.5, 0.6) is 0 Å². The zero-order valence-electron chi connectivity index (χ0n) is 23.2. The van der Waals surface area contributed by atoms with E-state index < -0.39 is 11.7 Å². The van der Waals surface area contributed by atoms with Gasteiger partial charge in [-0.15, -0.1) is 0 Å². The van der Waals surface area contributed by atoms with Gasteiger partial charge in [0.25, 0.3) is 11.7 Å². The summed E-state index contributed by atoms with van der Waals surface area (Å²) in [6.45, 7) is 7.50. The molecular weight excluding hydrogens is 498 g/mol. The van der Waals surface area contributed by atoms with Gasteiger partial charge in [0.2, 0.25) is 0 Å². The van der Waals surface area contributed by atoms with Crippen LogP contribution < -0.4 is 15.5 Å². The molecule has 40 heavy (non-hydrogen) atoms. The van der Waals surface area contributed by atoms with Gasteiger partial charge in [-0.1, -0.05) is 36.4 Å². The van der Waals surface area contributed by atoms with Crippen LogP contribution in [-0.2, 0) is 4.79 Å². The van der Waals surface area contributed by atoms with Crippen molar-refractivity contribution in [2.24, 2.45) is 0 Å². The van der Waals surface area contributed by atoms with E-state index in [9.17, 15) is 9.59 Å². The van der Waals surface area contributed by atoms with Crippen LogP contribution in [-0.4, -0.2) is 41.2 Å². The molecule has 1 amide bonds. The first-order valence-electron chi connectivity index (χ1n) is 13.3. The maximum Gasteiger partial charge on any atom is 0.298 e. The molecule has 0 bridgehead atoms. The second kappa shape index (κ2) is 11.5. The zero-order chi connectivity index (χ0) is 28.2. The number of likely N-dealkylation sites (N-methyl/N-ethyl adjacent to an activating group) is 1. The topological polar surface area (TPSA) is 78.7 Å². The highest BCUT2D eigenvalue weighted by molar-refractivity contribution is 6.47. The van der Waals surface area contributed by atoms with Crippen molar-refractivity contribution in [2.45, 2.75) is 20.8 Å². The highest BCUT2D eigenvalue weighted by Gasteiger charge is 2.25. The third-order valence-electron chi connectivity index (χ3n) is 6.89. The van der Waals surface area contributed by atoms with Crippen LogP contribution in [0.3, 0.4) is 0 Å². The highest BCUT2D eigenvalue weighted by Crippen LogP contribution is 2.29. The van der Waals surface area contributed by atoms with E-state index in [1.807, 2.05) is 92.0 Å². The summed E-state index contributed by atoms with van der Waals surface area (Å²) >= 11 is 0. The minimum absolute atomic E-state index is 0.359. The Bertz CT molecular complexity index is 1650. The van der Waals surface area contributed by atoms with Crippen LogP contribution in [0.2, 0.25) is 0 Å². The Hall–Kier alpha value is -4.91. The number of hydrogen-bond acceptors (Lipinski definition) is 5. The average Bonchev–Trinajstić information content (AvgIpc) is 3.34. The fraction of sp³-hybridized carbons (Fsp3) is 0.182. The van der Waals surface area contributed by atoms with E-state index in [4.69, 9.17) is 0 Å². The first kappa shape index (κ1) is 26.7. The van der Waals surface area contributed by atoms with E-state index in [0.29, 0.717) is 11.4 Å². The predicted octanol–water partition coefficient (Wildman–Crippen LogP) is 6.30. The summed E-state index contributed by atoms with van der Waals surface area (Å²) in [4.78, 5) is 33.4. The Morgan fingerprint density at radius 2 is 1.57 bits per heavy atom. The van der Waals surface area contributed by atoms with Crippen molar-refractivity contribution in [3.8, 4) is 11.1 Å². The van der Waals surface area contributed by atoms with Crippen molar-refractivity contribution in [3.05, 3.63) is 114 Å². The summed E-state index contributed by atoms with van der Waals surface area (Å²) in [5.74, 6) is -0.314. The molecule has 7 nitrogen and oxygen atoms in total. The van der Waals surface area contributed by atoms with Gasteiger partial charge in [-0.05, 0) is 86.5 Å². The molecule has 2 aromatic carbocycles. The summed E-state index contributed by atoms with van der Waals surface area (Å²) in [5.41, 5.74) is 7.39.